The molecule has 1 aromatic heterocycles. The van der Waals surface area contributed by atoms with Gasteiger partial charge in [-0.1, -0.05) is 6.42 Å². The molecule has 2 heterocycles. The Morgan fingerprint density at radius 3 is 2.48 bits per heavy atom. The third kappa shape index (κ3) is 4.35. The van der Waals surface area contributed by atoms with Crippen LogP contribution in [0.15, 0.2) is 56.6 Å². The third-order valence-corrected chi connectivity index (χ3v) is 7.16. The van der Waals surface area contributed by atoms with Gasteiger partial charge in [-0.2, -0.15) is 4.31 Å². The largest absolute Gasteiger partial charge is 0.497 e. The lowest BCUT2D eigenvalue weighted by molar-refractivity contribution is -0.116. The Hall–Kier alpha value is -3.11. The number of hydrogen-bond acceptors (Lipinski definition) is 6. The number of sulfonamides is 1. The normalized spacial score (nSPS) is 15.1. The summed E-state index contributed by atoms with van der Waals surface area (Å²) in [7, 11) is -2.11. The first kappa shape index (κ1) is 21.1. The maximum atomic E-state index is 12.9. The summed E-state index contributed by atoms with van der Waals surface area (Å²) in [6.07, 6.45) is 2.67. The molecule has 0 atom stereocenters. The van der Waals surface area contributed by atoms with E-state index in [1.165, 1.54) is 27.1 Å². The van der Waals surface area contributed by atoms with E-state index in [9.17, 15) is 18.0 Å². The first-order chi connectivity index (χ1) is 14.9. The van der Waals surface area contributed by atoms with Gasteiger partial charge in [0.05, 0.1) is 17.5 Å². The van der Waals surface area contributed by atoms with Gasteiger partial charge in [-0.05, 0) is 49.2 Å². The zero-order valence-electron chi connectivity index (χ0n) is 17.0. The second-order valence-corrected chi connectivity index (χ2v) is 9.26. The number of fused-ring (bicyclic) bond motifs is 1. The number of nitrogens with zero attached hydrogens (tertiary/aromatic N) is 2. The Labute approximate surface area is 179 Å². The van der Waals surface area contributed by atoms with Crippen molar-refractivity contribution in [3.8, 4) is 5.75 Å². The van der Waals surface area contributed by atoms with E-state index in [0.717, 1.165) is 19.3 Å². The van der Waals surface area contributed by atoms with E-state index in [1.54, 1.807) is 31.4 Å². The molecule has 0 spiro atoms. The second kappa shape index (κ2) is 8.56. The number of anilines is 1. The van der Waals surface area contributed by atoms with Gasteiger partial charge in [0.25, 0.3) is 0 Å². The molecule has 10 heteroatoms. The van der Waals surface area contributed by atoms with Crippen LogP contribution < -0.4 is 15.8 Å². The Morgan fingerprint density at radius 1 is 1.10 bits per heavy atom. The predicted molar refractivity (Wildman–Crippen MR) is 115 cm³/mol. The Kier molecular flexibility index (Phi) is 5.84. The Balaban J connectivity index is 1.55. The van der Waals surface area contributed by atoms with Gasteiger partial charge < -0.3 is 14.5 Å². The van der Waals surface area contributed by atoms with Crippen molar-refractivity contribution in [3.63, 3.8) is 0 Å². The lowest BCUT2D eigenvalue weighted by Gasteiger charge is -2.25. The van der Waals surface area contributed by atoms with Crippen LogP contribution in [0.25, 0.3) is 11.1 Å². The van der Waals surface area contributed by atoms with Crippen molar-refractivity contribution >= 4 is 32.7 Å². The minimum atomic E-state index is -3.65. The van der Waals surface area contributed by atoms with Crippen molar-refractivity contribution in [2.75, 3.05) is 25.5 Å². The number of benzene rings is 2. The van der Waals surface area contributed by atoms with E-state index < -0.39 is 21.7 Å². The number of carbonyl (C=O) groups excluding carboxylic acids is 1. The SMILES string of the molecule is COc1ccc(NC(=O)Cn2c(=O)oc3cc(S(=O)(=O)N4CCCCC4)ccc32)cc1. The van der Waals surface area contributed by atoms with Crippen LogP contribution in [0.2, 0.25) is 0 Å². The highest BCUT2D eigenvalue weighted by molar-refractivity contribution is 7.89. The number of rotatable bonds is 6. The van der Waals surface area contributed by atoms with E-state index in [2.05, 4.69) is 5.32 Å². The van der Waals surface area contributed by atoms with Crippen LogP contribution in [0, 0.1) is 0 Å². The molecule has 2 aromatic carbocycles. The van der Waals surface area contributed by atoms with E-state index in [1.807, 2.05) is 0 Å². The number of ether oxygens (including phenoxy) is 1. The summed E-state index contributed by atoms with van der Waals surface area (Å²) in [6.45, 7) is 0.698. The quantitative estimate of drug-likeness (QED) is 0.624. The van der Waals surface area contributed by atoms with Crippen LogP contribution in [0.5, 0.6) is 5.75 Å². The van der Waals surface area contributed by atoms with Crippen molar-refractivity contribution in [2.24, 2.45) is 0 Å². The summed E-state index contributed by atoms with van der Waals surface area (Å²) in [5.74, 6) is -0.488. The molecule has 0 unspecified atom stereocenters. The van der Waals surface area contributed by atoms with E-state index in [4.69, 9.17) is 9.15 Å². The van der Waals surface area contributed by atoms with Crippen LogP contribution in [0.4, 0.5) is 5.69 Å². The molecule has 4 rings (SSSR count). The number of hydrogen-bond donors (Lipinski definition) is 1. The van der Waals surface area contributed by atoms with Gasteiger partial charge in [0.1, 0.15) is 12.3 Å². The zero-order valence-corrected chi connectivity index (χ0v) is 17.9. The standard InChI is InChI=1S/C21H23N3O6S/c1-29-16-7-5-15(6-8-16)22-20(25)14-24-18-10-9-17(13-19(18)30-21(24)26)31(27,28)23-11-3-2-4-12-23/h5-10,13H,2-4,11-12,14H2,1H3,(H,22,25). The van der Waals surface area contributed by atoms with Crippen LogP contribution in [-0.4, -0.2) is 43.4 Å². The summed E-state index contributed by atoms with van der Waals surface area (Å²) >= 11 is 0. The average molecular weight is 445 g/mol. The number of piperidine rings is 1. The van der Waals surface area contributed by atoms with E-state index in [-0.39, 0.29) is 17.0 Å². The van der Waals surface area contributed by atoms with Crippen LogP contribution in [0.3, 0.4) is 0 Å². The fourth-order valence-corrected chi connectivity index (χ4v) is 5.16. The van der Waals surface area contributed by atoms with Crippen molar-refractivity contribution < 1.29 is 22.4 Å². The second-order valence-electron chi connectivity index (χ2n) is 7.33. The van der Waals surface area contributed by atoms with Crippen LogP contribution in [-0.2, 0) is 21.4 Å². The highest BCUT2D eigenvalue weighted by Gasteiger charge is 2.27. The molecular formula is C21H23N3O6S. The molecule has 1 N–H and O–H groups in total. The number of oxazole rings is 1. The summed E-state index contributed by atoms with van der Waals surface area (Å²) in [6, 6.07) is 11.1. The summed E-state index contributed by atoms with van der Waals surface area (Å²) in [5.41, 5.74) is 1.04. The lowest BCUT2D eigenvalue weighted by atomic mass is 10.2. The number of amides is 1. The molecule has 1 saturated heterocycles. The number of methoxy groups -OCH3 is 1. The van der Waals surface area contributed by atoms with Crippen molar-refractivity contribution in [1.29, 1.82) is 0 Å². The Morgan fingerprint density at radius 2 is 1.81 bits per heavy atom. The molecule has 31 heavy (non-hydrogen) atoms. The van der Waals surface area contributed by atoms with Crippen molar-refractivity contribution in [1.82, 2.24) is 8.87 Å². The number of carbonyl (C=O) groups is 1. The van der Waals surface area contributed by atoms with E-state index >= 15 is 0 Å². The maximum Gasteiger partial charge on any atom is 0.420 e. The molecule has 1 fully saturated rings. The predicted octanol–water partition coefficient (Wildman–Crippen LogP) is 2.42. The fraction of sp³-hybridized carbons (Fsp3) is 0.333. The summed E-state index contributed by atoms with van der Waals surface area (Å²) < 4.78 is 38.7. The first-order valence-corrected chi connectivity index (χ1v) is 11.4. The minimum absolute atomic E-state index is 0.0745. The maximum absolute atomic E-state index is 12.9. The molecule has 164 valence electrons. The molecular weight excluding hydrogens is 422 g/mol. The summed E-state index contributed by atoms with van der Waals surface area (Å²) in [5, 5.41) is 2.70. The van der Waals surface area contributed by atoms with Gasteiger partial charge in [-0.25, -0.2) is 13.2 Å². The van der Waals surface area contributed by atoms with E-state index in [0.29, 0.717) is 30.0 Å². The third-order valence-electron chi connectivity index (χ3n) is 5.27. The van der Waals surface area contributed by atoms with Gasteiger partial charge in [0.2, 0.25) is 15.9 Å². The molecule has 9 nitrogen and oxygen atoms in total. The molecule has 1 aliphatic heterocycles. The monoisotopic (exact) mass is 445 g/mol. The van der Waals surface area contributed by atoms with Crippen LogP contribution in [0.1, 0.15) is 19.3 Å². The molecule has 1 aliphatic rings. The van der Waals surface area contributed by atoms with Gasteiger partial charge in [-0.3, -0.25) is 9.36 Å². The molecule has 0 aliphatic carbocycles. The Bertz CT molecular complexity index is 1250. The number of nitrogens with one attached hydrogen (secondary N) is 1. The smallest absolute Gasteiger partial charge is 0.420 e. The van der Waals surface area contributed by atoms with Gasteiger partial charge in [0, 0.05) is 24.8 Å². The molecule has 0 saturated carbocycles. The molecule has 0 bridgehead atoms. The highest BCUT2D eigenvalue weighted by Crippen LogP contribution is 2.24. The van der Waals surface area contributed by atoms with Crippen molar-refractivity contribution in [3.05, 3.63) is 53.0 Å². The van der Waals surface area contributed by atoms with Gasteiger partial charge in [-0.15, -0.1) is 0 Å². The van der Waals surface area contributed by atoms with Crippen molar-refractivity contribution in [2.45, 2.75) is 30.7 Å². The summed E-state index contributed by atoms with van der Waals surface area (Å²) in [4.78, 5) is 24.8. The fourth-order valence-electron chi connectivity index (χ4n) is 3.63. The topological polar surface area (TPSA) is 111 Å². The molecule has 1 amide bonds. The average Bonchev–Trinajstić information content (AvgIpc) is 3.09. The molecule has 3 aromatic rings. The zero-order chi connectivity index (χ0) is 22.0. The van der Waals surface area contributed by atoms with Crippen LogP contribution >= 0.6 is 0 Å². The van der Waals surface area contributed by atoms with Gasteiger partial charge >= 0.3 is 5.76 Å². The number of aromatic nitrogens is 1. The highest BCUT2D eigenvalue weighted by atomic mass is 32.2. The molecule has 0 radical (unpaired) electrons. The lowest BCUT2D eigenvalue weighted by Crippen LogP contribution is -2.35. The van der Waals surface area contributed by atoms with Gasteiger partial charge in [0.15, 0.2) is 5.58 Å². The first-order valence-electron chi connectivity index (χ1n) is 9.96. The minimum Gasteiger partial charge on any atom is -0.497 e.